The van der Waals surface area contributed by atoms with E-state index in [1.165, 1.54) is 25.7 Å². The van der Waals surface area contributed by atoms with E-state index in [1.54, 1.807) is 6.20 Å². The third kappa shape index (κ3) is 2.28. The first kappa shape index (κ1) is 11.3. The Balaban J connectivity index is 1.60. The number of anilines is 2. The van der Waals surface area contributed by atoms with Crippen LogP contribution in [-0.2, 0) is 0 Å². The van der Waals surface area contributed by atoms with Crippen molar-refractivity contribution in [2.24, 2.45) is 17.8 Å². The summed E-state index contributed by atoms with van der Waals surface area (Å²) < 4.78 is 0.959. The summed E-state index contributed by atoms with van der Waals surface area (Å²) in [6.07, 6.45) is 7.47. The predicted octanol–water partition coefficient (Wildman–Crippen LogP) is 3.27. The Morgan fingerprint density at radius 1 is 1.41 bits per heavy atom. The van der Waals surface area contributed by atoms with Crippen LogP contribution in [0.25, 0.3) is 0 Å². The van der Waals surface area contributed by atoms with Crippen molar-refractivity contribution in [2.45, 2.75) is 25.7 Å². The van der Waals surface area contributed by atoms with E-state index in [-0.39, 0.29) is 0 Å². The lowest BCUT2D eigenvalue weighted by Crippen LogP contribution is -2.20. The minimum atomic E-state index is 0.697. The normalized spacial score (nSPS) is 30.8. The van der Waals surface area contributed by atoms with Crippen LogP contribution < -0.4 is 11.1 Å². The molecular weight excluding hydrogens is 278 g/mol. The number of nitrogens with two attached hydrogens (primary N) is 1. The Morgan fingerprint density at radius 3 is 2.94 bits per heavy atom. The molecular formula is C13H18BrN3. The van der Waals surface area contributed by atoms with Crippen LogP contribution >= 0.6 is 15.9 Å². The molecule has 0 aliphatic heterocycles. The van der Waals surface area contributed by atoms with Gasteiger partial charge in [0.2, 0.25) is 0 Å². The minimum absolute atomic E-state index is 0.697. The molecule has 2 aliphatic carbocycles. The Labute approximate surface area is 110 Å². The first-order chi connectivity index (χ1) is 8.22. The first-order valence-electron chi connectivity index (χ1n) is 6.37. The molecule has 0 aromatic carbocycles. The Kier molecular flexibility index (Phi) is 2.99. The van der Waals surface area contributed by atoms with Gasteiger partial charge in [-0.15, -0.1) is 0 Å². The molecule has 17 heavy (non-hydrogen) atoms. The van der Waals surface area contributed by atoms with Gasteiger partial charge in [-0.1, -0.05) is 6.42 Å². The summed E-state index contributed by atoms with van der Waals surface area (Å²) in [4.78, 5) is 4.32. The molecule has 2 bridgehead atoms. The highest BCUT2D eigenvalue weighted by Crippen LogP contribution is 2.48. The van der Waals surface area contributed by atoms with Gasteiger partial charge in [0.15, 0.2) is 0 Å². The lowest BCUT2D eigenvalue weighted by Gasteiger charge is -2.22. The van der Waals surface area contributed by atoms with Crippen LogP contribution in [0.3, 0.4) is 0 Å². The summed E-state index contributed by atoms with van der Waals surface area (Å²) in [7, 11) is 0. The summed E-state index contributed by atoms with van der Waals surface area (Å²) in [6, 6.07) is 1.90. The quantitative estimate of drug-likeness (QED) is 0.900. The predicted molar refractivity (Wildman–Crippen MR) is 73.8 cm³/mol. The second-order valence-electron chi connectivity index (χ2n) is 5.41. The van der Waals surface area contributed by atoms with E-state index in [9.17, 15) is 0 Å². The van der Waals surface area contributed by atoms with E-state index in [4.69, 9.17) is 5.73 Å². The van der Waals surface area contributed by atoms with Crippen molar-refractivity contribution in [1.29, 1.82) is 0 Å². The van der Waals surface area contributed by atoms with Gasteiger partial charge in [-0.2, -0.15) is 0 Å². The minimum Gasteiger partial charge on any atom is -0.397 e. The van der Waals surface area contributed by atoms with Gasteiger partial charge in [-0.3, -0.25) is 0 Å². The average Bonchev–Trinajstić information content (AvgIpc) is 2.89. The molecule has 1 aromatic rings. The van der Waals surface area contributed by atoms with E-state index < -0.39 is 0 Å². The molecule has 3 nitrogen and oxygen atoms in total. The van der Waals surface area contributed by atoms with E-state index in [0.29, 0.717) is 5.69 Å². The molecule has 0 saturated heterocycles. The van der Waals surface area contributed by atoms with Crippen molar-refractivity contribution in [3.8, 4) is 0 Å². The Bertz CT molecular complexity index is 421. The van der Waals surface area contributed by atoms with Crippen LogP contribution in [0.1, 0.15) is 25.7 Å². The van der Waals surface area contributed by atoms with Crippen LogP contribution in [0, 0.1) is 17.8 Å². The van der Waals surface area contributed by atoms with Gasteiger partial charge >= 0.3 is 0 Å². The number of fused-ring (bicyclic) bond motifs is 2. The van der Waals surface area contributed by atoms with Crippen LogP contribution in [0.4, 0.5) is 11.5 Å². The van der Waals surface area contributed by atoms with Crippen LogP contribution in [0.5, 0.6) is 0 Å². The maximum Gasteiger partial charge on any atom is 0.140 e. The van der Waals surface area contributed by atoms with Gasteiger partial charge in [0.1, 0.15) is 5.82 Å². The van der Waals surface area contributed by atoms with Crippen molar-refractivity contribution >= 4 is 27.4 Å². The molecule has 3 N–H and O–H groups in total. The second kappa shape index (κ2) is 4.48. The monoisotopic (exact) mass is 295 g/mol. The molecule has 0 amide bonds. The van der Waals surface area contributed by atoms with Crippen LogP contribution in [-0.4, -0.2) is 11.5 Å². The Hall–Kier alpha value is -0.770. The van der Waals surface area contributed by atoms with Crippen molar-refractivity contribution in [1.82, 2.24) is 4.98 Å². The fourth-order valence-electron chi connectivity index (χ4n) is 3.44. The zero-order valence-corrected chi connectivity index (χ0v) is 11.4. The number of halogens is 1. The number of pyridine rings is 1. The van der Waals surface area contributed by atoms with E-state index in [0.717, 1.165) is 34.6 Å². The zero-order chi connectivity index (χ0) is 11.8. The fraction of sp³-hybridized carbons (Fsp3) is 0.615. The maximum atomic E-state index is 5.67. The van der Waals surface area contributed by atoms with Crippen LogP contribution in [0.15, 0.2) is 16.7 Å². The number of nitrogens with zero attached hydrogens (tertiary/aromatic N) is 1. The average molecular weight is 296 g/mol. The Morgan fingerprint density at radius 2 is 2.29 bits per heavy atom. The third-order valence-corrected chi connectivity index (χ3v) is 4.88. The first-order valence-corrected chi connectivity index (χ1v) is 7.16. The van der Waals surface area contributed by atoms with Crippen LogP contribution in [0.2, 0.25) is 0 Å². The lowest BCUT2D eigenvalue weighted by atomic mass is 9.89. The molecule has 92 valence electrons. The highest BCUT2D eigenvalue weighted by molar-refractivity contribution is 9.10. The van der Waals surface area contributed by atoms with E-state index in [1.807, 2.05) is 6.07 Å². The largest absolute Gasteiger partial charge is 0.397 e. The molecule has 2 aliphatic rings. The summed E-state index contributed by atoms with van der Waals surface area (Å²) in [6.45, 7) is 1.05. The standard InChI is InChI=1S/C13H18BrN3/c14-12-5-11(15)7-17-13(12)16-6-10-4-8-1-2-9(10)3-8/h5,7-10H,1-4,6,15H2,(H,16,17). The second-order valence-corrected chi connectivity index (χ2v) is 6.27. The summed E-state index contributed by atoms with van der Waals surface area (Å²) in [5.41, 5.74) is 6.37. The zero-order valence-electron chi connectivity index (χ0n) is 9.82. The van der Waals surface area contributed by atoms with Gasteiger partial charge < -0.3 is 11.1 Å². The highest BCUT2D eigenvalue weighted by Gasteiger charge is 2.39. The molecule has 1 heterocycles. The molecule has 1 aromatic heterocycles. The topological polar surface area (TPSA) is 50.9 Å². The third-order valence-electron chi connectivity index (χ3n) is 4.28. The van der Waals surface area contributed by atoms with Gasteiger partial charge in [0.25, 0.3) is 0 Å². The SMILES string of the molecule is Nc1cnc(NCC2CC3CCC2C3)c(Br)c1. The lowest BCUT2D eigenvalue weighted by molar-refractivity contribution is 0.348. The maximum absolute atomic E-state index is 5.67. The number of hydrogen-bond donors (Lipinski definition) is 2. The highest BCUT2D eigenvalue weighted by atomic mass is 79.9. The summed E-state index contributed by atoms with van der Waals surface area (Å²) in [5, 5.41) is 3.45. The molecule has 4 heteroatoms. The summed E-state index contributed by atoms with van der Waals surface area (Å²) >= 11 is 3.49. The molecule has 0 radical (unpaired) electrons. The number of hydrogen-bond acceptors (Lipinski definition) is 3. The smallest absolute Gasteiger partial charge is 0.140 e. The van der Waals surface area contributed by atoms with Gasteiger partial charge in [-0.05, 0) is 59.0 Å². The molecule has 0 spiro atoms. The number of nitrogens with one attached hydrogen (secondary N) is 1. The van der Waals surface area contributed by atoms with E-state index in [2.05, 4.69) is 26.2 Å². The molecule has 2 fully saturated rings. The van der Waals surface area contributed by atoms with Gasteiger partial charge in [-0.25, -0.2) is 4.98 Å². The van der Waals surface area contributed by atoms with Gasteiger partial charge in [0, 0.05) is 6.54 Å². The van der Waals surface area contributed by atoms with Gasteiger partial charge in [0.05, 0.1) is 16.4 Å². The molecule has 3 atom stereocenters. The molecule has 3 unspecified atom stereocenters. The van der Waals surface area contributed by atoms with Crippen molar-refractivity contribution in [3.63, 3.8) is 0 Å². The number of rotatable bonds is 3. The van der Waals surface area contributed by atoms with E-state index >= 15 is 0 Å². The summed E-state index contributed by atoms with van der Waals surface area (Å²) in [5.74, 6) is 3.73. The number of nitrogen functional groups attached to an aromatic ring is 1. The van der Waals surface area contributed by atoms with Crippen molar-refractivity contribution in [3.05, 3.63) is 16.7 Å². The fourth-order valence-corrected chi connectivity index (χ4v) is 3.94. The van der Waals surface area contributed by atoms with Crippen molar-refractivity contribution in [2.75, 3.05) is 17.6 Å². The number of aromatic nitrogens is 1. The molecule has 3 rings (SSSR count). The van der Waals surface area contributed by atoms with Crippen molar-refractivity contribution < 1.29 is 0 Å². The molecule has 2 saturated carbocycles.